The predicted molar refractivity (Wildman–Crippen MR) is 62.8 cm³/mol. The van der Waals surface area contributed by atoms with Crippen LogP contribution < -0.4 is 10.9 Å². The molecule has 17 heavy (non-hydrogen) atoms. The third-order valence-corrected chi connectivity index (χ3v) is 3.71. The average Bonchev–Trinajstić information content (AvgIpc) is 2.89. The monoisotopic (exact) mass is 233 g/mol. The van der Waals surface area contributed by atoms with Gasteiger partial charge in [0.1, 0.15) is 0 Å². The number of pyridine rings is 1. The Bertz CT molecular complexity index is 464. The van der Waals surface area contributed by atoms with Crippen molar-refractivity contribution in [2.45, 2.75) is 0 Å². The highest BCUT2D eigenvalue weighted by Gasteiger charge is 2.38. The summed E-state index contributed by atoms with van der Waals surface area (Å²) >= 11 is 0. The van der Waals surface area contributed by atoms with Gasteiger partial charge in [-0.25, -0.2) is 0 Å². The zero-order valence-corrected chi connectivity index (χ0v) is 9.48. The normalized spacial score (nSPS) is 27.2. The van der Waals surface area contributed by atoms with Crippen LogP contribution in [0.4, 0.5) is 0 Å². The second-order valence-electron chi connectivity index (χ2n) is 4.83. The Hall–Kier alpha value is -1.62. The van der Waals surface area contributed by atoms with Gasteiger partial charge in [-0.2, -0.15) is 0 Å². The van der Waals surface area contributed by atoms with Crippen LogP contribution in [0.2, 0.25) is 0 Å². The molecule has 0 spiro atoms. The van der Waals surface area contributed by atoms with Crippen LogP contribution in [-0.4, -0.2) is 42.0 Å². The number of amides is 1. The van der Waals surface area contributed by atoms with Crippen molar-refractivity contribution in [3.63, 3.8) is 0 Å². The van der Waals surface area contributed by atoms with Crippen LogP contribution >= 0.6 is 0 Å². The molecule has 0 radical (unpaired) electrons. The van der Waals surface area contributed by atoms with Crippen molar-refractivity contribution >= 4 is 5.91 Å². The summed E-state index contributed by atoms with van der Waals surface area (Å²) in [6.45, 7) is 3.69. The third kappa shape index (κ3) is 1.86. The third-order valence-electron chi connectivity index (χ3n) is 3.71. The maximum atomic E-state index is 12.2. The fourth-order valence-corrected chi connectivity index (χ4v) is 2.75. The molecule has 0 aliphatic carbocycles. The largest absolute Gasteiger partial charge is 0.338 e. The first-order valence-electron chi connectivity index (χ1n) is 5.93. The number of H-pyrrole nitrogens is 1. The van der Waals surface area contributed by atoms with Crippen molar-refractivity contribution in [1.82, 2.24) is 15.2 Å². The molecule has 2 atom stereocenters. The van der Waals surface area contributed by atoms with Crippen molar-refractivity contribution in [1.29, 1.82) is 0 Å². The van der Waals surface area contributed by atoms with Gasteiger partial charge in [0, 0.05) is 38.4 Å². The van der Waals surface area contributed by atoms with Gasteiger partial charge in [-0.1, -0.05) is 0 Å². The first-order chi connectivity index (χ1) is 8.24. The van der Waals surface area contributed by atoms with E-state index in [1.54, 1.807) is 6.07 Å². The van der Waals surface area contributed by atoms with Crippen LogP contribution in [0, 0.1) is 11.8 Å². The van der Waals surface area contributed by atoms with Gasteiger partial charge in [0.15, 0.2) is 0 Å². The molecule has 90 valence electrons. The number of carbonyl (C=O) groups excluding carboxylic acids is 1. The summed E-state index contributed by atoms with van der Waals surface area (Å²) in [6, 6.07) is 2.99. The summed E-state index contributed by atoms with van der Waals surface area (Å²) in [5.74, 6) is 1.22. The molecule has 2 N–H and O–H groups in total. The lowest BCUT2D eigenvalue weighted by Gasteiger charge is -2.17. The van der Waals surface area contributed by atoms with Crippen LogP contribution in [0.15, 0.2) is 23.1 Å². The first kappa shape index (κ1) is 10.5. The molecule has 1 amide bonds. The number of nitrogens with one attached hydrogen (secondary N) is 2. The van der Waals surface area contributed by atoms with E-state index < -0.39 is 0 Å². The molecule has 2 saturated heterocycles. The molecule has 2 fully saturated rings. The Morgan fingerprint density at radius 1 is 1.24 bits per heavy atom. The molecule has 2 aliphatic rings. The van der Waals surface area contributed by atoms with E-state index in [-0.39, 0.29) is 11.5 Å². The van der Waals surface area contributed by atoms with Gasteiger partial charge < -0.3 is 15.2 Å². The highest BCUT2D eigenvalue weighted by atomic mass is 16.2. The molecular formula is C12H15N3O2. The molecule has 1 aromatic rings. The molecule has 0 saturated carbocycles. The van der Waals surface area contributed by atoms with Gasteiger partial charge in [-0.15, -0.1) is 0 Å². The second-order valence-corrected chi connectivity index (χ2v) is 4.83. The number of hydrogen-bond donors (Lipinski definition) is 2. The lowest BCUT2D eigenvalue weighted by molar-refractivity contribution is 0.0781. The Labute approximate surface area is 98.8 Å². The van der Waals surface area contributed by atoms with Crippen LogP contribution in [0.1, 0.15) is 10.4 Å². The van der Waals surface area contributed by atoms with Gasteiger partial charge in [-0.3, -0.25) is 9.59 Å². The Balaban J connectivity index is 1.75. The number of aromatic nitrogens is 1. The smallest absolute Gasteiger partial charge is 0.255 e. The number of likely N-dealkylation sites (tertiary alicyclic amines) is 1. The second kappa shape index (κ2) is 4.00. The molecule has 3 heterocycles. The van der Waals surface area contributed by atoms with Crippen LogP contribution in [-0.2, 0) is 0 Å². The van der Waals surface area contributed by atoms with Crippen molar-refractivity contribution in [3.8, 4) is 0 Å². The molecule has 0 aromatic carbocycles. The van der Waals surface area contributed by atoms with E-state index in [2.05, 4.69) is 10.3 Å². The van der Waals surface area contributed by atoms with Crippen LogP contribution in [0.3, 0.4) is 0 Å². The summed E-state index contributed by atoms with van der Waals surface area (Å²) in [5, 5.41) is 3.35. The SMILES string of the molecule is O=C(c1ccc(=O)[nH]c1)N1CC2CNCC2C1. The summed E-state index contributed by atoms with van der Waals surface area (Å²) in [6.07, 6.45) is 1.50. The van der Waals surface area contributed by atoms with Crippen LogP contribution in [0.25, 0.3) is 0 Å². The molecule has 2 aliphatic heterocycles. The number of rotatable bonds is 1. The Morgan fingerprint density at radius 2 is 1.94 bits per heavy atom. The van der Waals surface area contributed by atoms with Crippen molar-refractivity contribution in [3.05, 3.63) is 34.2 Å². The van der Waals surface area contributed by atoms with Gasteiger partial charge >= 0.3 is 0 Å². The maximum Gasteiger partial charge on any atom is 0.255 e. The quantitative estimate of drug-likeness (QED) is 0.698. The van der Waals surface area contributed by atoms with Crippen LogP contribution in [0.5, 0.6) is 0 Å². The highest BCUT2D eigenvalue weighted by Crippen LogP contribution is 2.27. The number of aromatic amines is 1. The minimum absolute atomic E-state index is 0.0238. The minimum atomic E-state index is -0.177. The number of fused-ring (bicyclic) bond motifs is 1. The van der Waals surface area contributed by atoms with Gasteiger partial charge in [0.05, 0.1) is 5.56 Å². The van der Waals surface area contributed by atoms with E-state index in [1.165, 1.54) is 12.3 Å². The molecule has 3 rings (SSSR count). The van der Waals surface area contributed by atoms with E-state index in [1.807, 2.05) is 4.90 Å². The average molecular weight is 233 g/mol. The summed E-state index contributed by atoms with van der Waals surface area (Å²) in [5.41, 5.74) is 0.390. The van der Waals surface area contributed by atoms with E-state index in [0.29, 0.717) is 17.4 Å². The van der Waals surface area contributed by atoms with Crippen molar-refractivity contribution < 1.29 is 4.79 Å². The van der Waals surface area contributed by atoms with E-state index in [0.717, 1.165) is 26.2 Å². The molecule has 5 heteroatoms. The minimum Gasteiger partial charge on any atom is -0.338 e. The molecule has 5 nitrogen and oxygen atoms in total. The van der Waals surface area contributed by atoms with E-state index in [9.17, 15) is 9.59 Å². The lowest BCUT2D eigenvalue weighted by Crippen LogP contribution is -2.32. The molecule has 1 aromatic heterocycles. The first-order valence-corrected chi connectivity index (χ1v) is 5.93. The molecule has 0 bridgehead atoms. The predicted octanol–water partition coefficient (Wildman–Crippen LogP) is -0.334. The maximum absolute atomic E-state index is 12.2. The lowest BCUT2D eigenvalue weighted by atomic mass is 10.0. The standard InChI is InChI=1S/C12H15N3O2/c16-11-2-1-8(5-14-11)12(17)15-6-9-3-13-4-10(9)7-15/h1-2,5,9-10,13H,3-4,6-7H2,(H,14,16). The van der Waals surface area contributed by atoms with Crippen molar-refractivity contribution in [2.75, 3.05) is 26.2 Å². The molecular weight excluding hydrogens is 218 g/mol. The summed E-state index contributed by atoms with van der Waals surface area (Å²) < 4.78 is 0. The number of hydrogen-bond acceptors (Lipinski definition) is 3. The number of carbonyl (C=O) groups is 1. The summed E-state index contributed by atoms with van der Waals surface area (Å²) in [4.78, 5) is 27.5. The topological polar surface area (TPSA) is 65.2 Å². The number of nitrogens with zero attached hydrogens (tertiary/aromatic N) is 1. The highest BCUT2D eigenvalue weighted by molar-refractivity contribution is 5.94. The Kier molecular flexibility index (Phi) is 2.48. The summed E-state index contributed by atoms with van der Waals surface area (Å²) in [7, 11) is 0. The van der Waals surface area contributed by atoms with E-state index >= 15 is 0 Å². The van der Waals surface area contributed by atoms with Gasteiger partial charge in [-0.05, 0) is 17.9 Å². The van der Waals surface area contributed by atoms with Gasteiger partial charge in [0.2, 0.25) is 5.56 Å². The fraction of sp³-hybridized carbons (Fsp3) is 0.500. The molecule has 2 unspecified atom stereocenters. The van der Waals surface area contributed by atoms with Crippen molar-refractivity contribution in [2.24, 2.45) is 11.8 Å². The van der Waals surface area contributed by atoms with E-state index in [4.69, 9.17) is 0 Å². The van der Waals surface area contributed by atoms with Gasteiger partial charge in [0.25, 0.3) is 5.91 Å². The Morgan fingerprint density at radius 3 is 2.53 bits per heavy atom. The zero-order chi connectivity index (χ0) is 11.8. The fourth-order valence-electron chi connectivity index (χ4n) is 2.75. The zero-order valence-electron chi connectivity index (χ0n) is 9.48.